The molecule has 1 aliphatic carbocycles. The van der Waals surface area contributed by atoms with Gasteiger partial charge in [-0.3, -0.25) is 4.90 Å². The second-order valence-electron chi connectivity index (χ2n) is 5.33. The summed E-state index contributed by atoms with van der Waals surface area (Å²) in [6.45, 7) is 1.80. The molecular formula is C15H24N2. The van der Waals surface area contributed by atoms with Crippen molar-refractivity contribution < 1.29 is 0 Å². The first-order valence-electron chi connectivity index (χ1n) is 6.72. The van der Waals surface area contributed by atoms with E-state index in [1.165, 1.54) is 37.7 Å². The minimum absolute atomic E-state index is 0.244. The van der Waals surface area contributed by atoms with Crippen LogP contribution in [0.3, 0.4) is 0 Å². The van der Waals surface area contributed by atoms with Crippen LogP contribution in [0.2, 0.25) is 0 Å². The molecule has 17 heavy (non-hydrogen) atoms. The van der Waals surface area contributed by atoms with Gasteiger partial charge in [-0.25, -0.2) is 0 Å². The second kappa shape index (κ2) is 5.65. The zero-order chi connectivity index (χ0) is 12.1. The molecule has 0 spiro atoms. The molecular weight excluding hydrogens is 208 g/mol. The molecule has 0 amide bonds. The molecule has 0 atom stereocenters. The van der Waals surface area contributed by atoms with E-state index in [1.807, 2.05) is 0 Å². The molecule has 0 unspecified atom stereocenters. The first-order valence-corrected chi connectivity index (χ1v) is 6.72. The maximum atomic E-state index is 6.05. The van der Waals surface area contributed by atoms with Gasteiger partial charge >= 0.3 is 0 Å². The average molecular weight is 232 g/mol. The van der Waals surface area contributed by atoms with Crippen LogP contribution in [-0.4, -0.2) is 24.0 Å². The minimum atomic E-state index is 0.244. The van der Waals surface area contributed by atoms with Gasteiger partial charge in [0.1, 0.15) is 0 Å². The summed E-state index contributed by atoms with van der Waals surface area (Å²) in [5.74, 6) is 0. The molecule has 0 radical (unpaired) electrons. The van der Waals surface area contributed by atoms with E-state index >= 15 is 0 Å². The van der Waals surface area contributed by atoms with Gasteiger partial charge in [-0.15, -0.1) is 0 Å². The first-order chi connectivity index (χ1) is 8.27. The molecule has 1 fully saturated rings. The Kier molecular flexibility index (Phi) is 4.19. The summed E-state index contributed by atoms with van der Waals surface area (Å²) in [7, 11) is 2.23. The molecule has 1 saturated carbocycles. The van der Waals surface area contributed by atoms with Crippen LogP contribution >= 0.6 is 0 Å². The van der Waals surface area contributed by atoms with E-state index in [4.69, 9.17) is 5.73 Å². The van der Waals surface area contributed by atoms with Gasteiger partial charge in [0.25, 0.3) is 0 Å². The molecule has 2 rings (SSSR count). The summed E-state index contributed by atoms with van der Waals surface area (Å²) in [5.41, 5.74) is 7.68. The Bertz CT molecular complexity index is 328. The Hall–Kier alpha value is -0.860. The van der Waals surface area contributed by atoms with Gasteiger partial charge in [-0.05, 0) is 25.5 Å². The quantitative estimate of drug-likeness (QED) is 0.865. The van der Waals surface area contributed by atoms with Gasteiger partial charge in [0.05, 0.1) is 0 Å². The molecule has 1 aromatic rings. The lowest BCUT2D eigenvalue weighted by atomic mass is 9.80. The van der Waals surface area contributed by atoms with Crippen molar-refractivity contribution in [3.8, 4) is 0 Å². The number of rotatable bonds is 4. The Balaban J connectivity index is 2.04. The van der Waals surface area contributed by atoms with Crippen molar-refractivity contribution in [1.82, 2.24) is 4.90 Å². The molecule has 0 aromatic heterocycles. The van der Waals surface area contributed by atoms with Gasteiger partial charge in [0.15, 0.2) is 0 Å². The van der Waals surface area contributed by atoms with Crippen LogP contribution in [-0.2, 0) is 6.54 Å². The summed E-state index contributed by atoms with van der Waals surface area (Å²) in [5, 5.41) is 0. The zero-order valence-corrected chi connectivity index (χ0v) is 10.9. The molecule has 0 saturated heterocycles. The number of hydrogen-bond donors (Lipinski definition) is 1. The Morgan fingerprint density at radius 1 is 1.12 bits per heavy atom. The van der Waals surface area contributed by atoms with Crippen LogP contribution in [0.5, 0.6) is 0 Å². The Morgan fingerprint density at radius 3 is 2.35 bits per heavy atom. The molecule has 94 valence electrons. The number of hydrogen-bond acceptors (Lipinski definition) is 2. The maximum Gasteiger partial charge on any atom is 0.0332 e. The van der Waals surface area contributed by atoms with E-state index < -0.39 is 0 Å². The summed E-state index contributed by atoms with van der Waals surface area (Å²) in [6, 6.07) is 10.7. The number of benzene rings is 1. The van der Waals surface area contributed by atoms with Gasteiger partial charge in [-0.1, -0.05) is 49.6 Å². The normalized spacial score (nSPS) is 19.5. The van der Waals surface area contributed by atoms with Crippen LogP contribution in [0, 0.1) is 0 Å². The predicted octanol–water partition coefficient (Wildman–Crippen LogP) is 2.78. The van der Waals surface area contributed by atoms with E-state index in [0.29, 0.717) is 0 Å². The first kappa shape index (κ1) is 12.6. The second-order valence-corrected chi connectivity index (χ2v) is 5.33. The highest BCUT2D eigenvalue weighted by molar-refractivity contribution is 5.15. The van der Waals surface area contributed by atoms with Crippen molar-refractivity contribution >= 4 is 0 Å². The van der Waals surface area contributed by atoms with E-state index in [-0.39, 0.29) is 5.54 Å². The van der Waals surface area contributed by atoms with Crippen LogP contribution in [0.1, 0.15) is 37.7 Å². The fourth-order valence-electron chi connectivity index (χ4n) is 2.98. The standard InChI is InChI=1S/C15H24N2/c1-17(12-14-8-4-2-5-9-14)15(13-16)10-6-3-7-11-15/h2,4-5,8-9H,3,6-7,10-13,16H2,1H3. The monoisotopic (exact) mass is 232 g/mol. The lowest BCUT2D eigenvalue weighted by Crippen LogP contribution is -2.52. The van der Waals surface area contributed by atoms with Gasteiger partial charge < -0.3 is 5.73 Å². The molecule has 1 aliphatic rings. The lowest BCUT2D eigenvalue weighted by molar-refractivity contribution is 0.0758. The highest BCUT2D eigenvalue weighted by Crippen LogP contribution is 2.32. The van der Waals surface area contributed by atoms with Gasteiger partial charge in [0, 0.05) is 18.6 Å². The third-order valence-electron chi connectivity index (χ3n) is 4.24. The summed E-state index contributed by atoms with van der Waals surface area (Å²) < 4.78 is 0. The smallest absolute Gasteiger partial charge is 0.0332 e. The van der Waals surface area contributed by atoms with Crippen molar-refractivity contribution in [2.24, 2.45) is 5.73 Å². The van der Waals surface area contributed by atoms with Crippen molar-refractivity contribution in [2.45, 2.75) is 44.2 Å². The predicted molar refractivity (Wildman–Crippen MR) is 72.8 cm³/mol. The van der Waals surface area contributed by atoms with Gasteiger partial charge in [-0.2, -0.15) is 0 Å². The summed E-state index contributed by atoms with van der Waals surface area (Å²) >= 11 is 0. The third-order valence-corrected chi connectivity index (χ3v) is 4.24. The summed E-state index contributed by atoms with van der Waals surface area (Å²) in [6.07, 6.45) is 6.55. The van der Waals surface area contributed by atoms with Crippen LogP contribution < -0.4 is 5.73 Å². The third kappa shape index (κ3) is 2.88. The van der Waals surface area contributed by atoms with Gasteiger partial charge in [0.2, 0.25) is 0 Å². The molecule has 0 aliphatic heterocycles. The highest BCUT2D eigenvalue weighted by atomic mass is 15.2. The van der Waals surface area contributed by atoms with E-state index in [1.54, 1.807) is 0 Å². The SMILES string of the molecule is CN(Cc1ccccc1)C1(CN)CCCCC1. The van der Waals surface area contributed by atoms with Crippen molar-refractivity contribution in [1.29, 1.82) is 0 Å². The van der Waals surface area contributed by atoms with Crippen LogP contribution in [0.25, 0.3) is 0 Å². The molecule has 0 heterocycles. The number of nitrogens with two attached hydrogens (primary N) is 1. The molecule has 2 heteroatoms. The summed E-state index contributed by atoms with van der Waals surface area (Å²) in [4.78, 5) is 2.47. The lowest BCUT2D eigenvalue weighted by Gasteiger charge is -2.44. The van der Waals surface area contributed by atoms with E-state index in [0.717, 1.165) is 13.1 Å². The molecule has 0 bridgehead atoms. The van der Waals surface area contributed by atoms with Crippen LogP contribution in [0.15, 0.2) is 30.3 Å². The van der Waals surface area contributed by atoms with E-state index in [9.17, 15) is 0 Å². The van der Waals surface area contributed by atoms with Crippen molar-refractivity contribution in [3.05, 3.63) is 35.9 Å². The Morgan fingerprint density at radius 2 is 1.76 bits per heavy atom. The topological polar surface area (TPSA) is 29.3 Å². The van der Waals surface area contributed by atoms with Crippen molar-refractivity contribution in [3.63, 3.8) is 0 Å². The number of likely N-dealkylation sites (N-methyl/N-ethyl adjacent to an activating group) is 1. The highest BCUT2D eigenvalue weighted by Gasteiger charge is 2.34. The molecule has 1 aromatic carbocycles. The van der Waals surface area contributed by atoms with E-state index in [2.05, 4.69) is 42.3 Å². The maximum absolute atomic E-state index is 6.05. The number of nitrogens with zero attached hydrogens (tertiary/aromatic N) is 1. The molecule has 2 N–H and O–H groups in total. The average Bonchev–Trinajstić information content (AvgIpc) is 2.40. The minimum Gasteiger partial charge on any atom is -0.329 e. The fourth-order valence-corrected chi connectivity index (χ4v) is 2.98. The molecule has 2 nitrogen and oxygen atoms in total. The van der Waals surface area contributed by atoms with Crippen LogP contribution in [0.4, 0.5) is 0 Å². The zero-order valence-electron chi connectivity index (χ0n) is 10.9. The fraction of sp³-hybridized carbons (Fsp3) is 0.600. The largest absolute Gasteiger partial charge is 0.329 e. The van der Waals surface area contributed by atoms with Crippen molar-refractivity contribution in [2.75, 3.05) is 13.6 Å². The Labute approximate surface area is 105 Å².